The highest BCUT2D eigenvalue weighted by atomic mass is 32.1. The topological polar surface area (TPSA) is 37.3 Å². The number of carbonyl (C=O) groups is 1. The molecule has 0 saturated heterocycles. The third-order valence-electron chi connectivity index (χ3n) is 3.10. The fourth-order valence-corrected chi connectivity index (χ4v) is 3.46. The Balaban J connectivity index is 2.22. The molecule has 1 unspecified atom stereocenters. The van der Waals surface area contributed by atoms with Gasteiger partial charge in [-0.25, -0.2) is 4.39 Å². The van der Waals surface area contributed by atoms with E-state index >= 15 is 0 Å². The number of benzene rings is 1. The van der Waals surface area contributed by atoms with Gasteiger partial charge < -0.3 is 5.11 Å². The van der Waals surface area contributed by atoms with E-state index in [1.54, 1.807) is 6.07 Å². The molecule has 0 bridgehead atoms. The second-order valence-corrected chi connectivity index (χ2v) is 4.98. The molecule has 4 heteroatoms. The highest BCUT2D eigenvalue weighted by Crippen LogP contribution is 2.49. The molecule has 1 N–H and O–H groups in total. The molecule has 0 saturated carbocycles. The molecule has 2 nitrogen and oxygen atoms in total. The van der Waals surface area contributed by atoms with Gasteiger partial charge in [0.1, 0.15) is 5.82 Å². The summed E-state index contributed by atoms with van der Waals surface area (Å²) in [5.74, 6) is -1.33. The van der Waals surface area contributed by atoms with Crippen LogP contribution in [0.25, 0.3) is 10.4 Å². The first-order valence-electron chi connectivity index (χ1n) is 5.26. The van der Waals surface area contributed by atoms with Crippen molar-refractivity contribution in [3.05, 3.63) is 46.6 Å². The molecule has 1 aliphatic carbocycles. The van der Waals surface area contributed by atoms with Gasteiger partial charge in [-0.15, -0.1) is 11.3 Å². The second-order valence-electron chi connectivity index (χ2n) is 4.06. The van der Waals surface area contributed by atoms with Crippen LogP contribution in [0.2, 0.25) is 0 Å². The van der Waals surface area contributed by atoms with Gasteiger partial charge in [0, 0.05) is 16.4 Å². The van der Waals surface area contributed by atoms with E-state index in [2.05, 4.69) is 0 Å². The number of aliphatic carboxylic acids is 1. The number of fused-ring (bicyclic) bond motifs is 3. The zero-order valence-corrected chi connectivity index (χ0v) is 9.63. The van der Waals surface area contributed by atoms with Crippen molar-refractivity contribution in [2.24, 2.45) is 0 Å². The van der Waals surface area contributed by atoms with Gasteiger partial charge >= 0.3 is 5.97 Å². The van der Waals surface area contributed by atoms with E-state index in [1.165, 1.54) is 17.4 Å². The van der Waals surface area contributed by atoms with Crippen LogP contribution in [0.3, 0.4) is 0 Å². The minimum absolute atomic E-state index is 0.0141. The largest absolute Gasteiger partial charge is 0.481 e. The number of halogens is 1. The van der Waals surface area contributed by atoms with E-state index in [9.17, 15) is 9.18 Å². The van der Waals surface area contributed by atoms with Gasteiger partial charge in [-0.1, -0.05) is 12.1 Å². The fourth-order valence-electron chi connectivity index (χ4n) is 2.43. The maximum Gasteiger partial charge on any atom is 0.304 e. The number of carboxylic acids is 1. The van der Waals surface area contributed by atoms with E-state index in [0.717, 1.165) is 16.0 Å². The van der Waals surface area contributed by atoms with Crippen LogP contribution in [0.5, 0.6) is 0 Å². The van der Waals surface area contributed by atoms with Crippen LogP contribution in [0.1, 0.15) is 23.5 Å². The molecule has 17 heavy (non-hydrogen) atoms. The Morgan fingerprint density at radius 2 is 2.18 bits per heavy atom. The van der Waals surface area contributed by atoms with Gasteiger partial charge in [-0.05, 0) is 28.6 Å². The Kier molecular flexibility index (Phi) is 2.26. The molecule has 1 atom stereocenters. The Labute approximate surface area is 101 Å². The third-order valence-corrected chi connectivity index (χ3v) is 4.05. The summed E-state index contributed by atoms with van der Waals surface area (Å²) in [7, 11) is 0. The summed E-state index contributed by atoms with van der Waals surface area (Å²) < 4.78 is 13.8. The van der Waals surface area contributed by atoms with Crippen LogP contribution in [-0.4, -0.2) is 11.1 Å². The smallest absolute Gasteiger partial charge is 0.304 e. The van der Waals surface area contributed by atoms with Crippen LogP contribution < -0.4 is 0 Å². The molecule has 0 fully saturated rings. The van der Waals surface area contributed by atoms with Crippen molar-refractivity contribution in [3.63, 3.8) is 0 Å². The van der Waals surface area contributed by atoms with E-state index in [-0.39, 0.29) is 18.2 Å². The Hall–Kier alpha value is -1.68. The zero-order valence-electron chi connectivity index (χ0n) is 8.81. The molecule has 1 heterocycles. The number of hydrogen-bond acceptors (Lipinski definition) is 2. The van der Waals surface area contributed by atoms with Gasteiger partial charge in [0.25, 0.3) is 0 Å². The lowest BCUT2D eigenvalue weighted by molar-refractivity contribution is -0.137. The van der Waals surface area contributed by atoms with Gasteiger partial charge in [0.2, 0.25) is 0 Å². The molecule has 1 aliphatic rings. The van der Waals surface area contributed by atoms with Crippen molar-refractivity contribution in [2.75, 3.05) is 0 Å². The van der Waals surface area contributed by atoms with Gasteiger partial charge in [0.05, 0.1) is 6.42 Å². The van der Waals surface area contributed by atoms with E-state index < -0.39 is 5.97 Å². The molecule has 1 aromatic heterocycles. The van der Waals surface area contributed by atoms with Crippen LogP contribution in [-0.2, 0) is 4.79 Å². The van der Waals surface area contributed by atoms with E-state index in [4.69, 9.17) is 5.11 Å². The van der Waals surface area contributed by atoms with Gasteiger partial charge in [-0.2, -0.15) is 0 Å². The summed E-state index contributed by atoms with van der Waals surface area (Å²) in [5.41, 5.74) is 2.33. The van der Waals surface area contributed by atoms with Crippen molar-refractivity contribution in [3.8, 4) is 10.4 Å². The predicted octanol–water partition coefficient (Wildman–Crippen LogP) is 3.47. The maximum atomic E-state index is 13.8. The molecule has 0 spiro atoms. The molecular weight excluding hydrogens is 239 g/mol. The van der Waals surface area contributed by atoms with Crippen molar-refractivity contribution >= 4 is 17.3 Å². The molecule has 0 radical (unpaired) electrons. The predicted molar refractivity (Wildman–Crippen MR) is 63.8 cm³/mol. The molecular formula is C13H9FO2S. The summed E-state index contributed by atoms with van der Waals surface area (Å²) in [6.07, 6.45) is 0.0141. The van der Waals surface area contributed by atoms with Crippen LogP contribution >= 0.6 is 11.3 Å². The van der Waals surface area contributed by atoms with Crippen molar-refractivity contribution in [2.45, 2.75) is 12.3 Å². The first kappa shape index (κ1) is 10.5. The van der Waals surface area contributed by atoms with Gasteiger partial charge in [-0.3, -0.25) is 4.79 Å². The van der Waals surface area contributed by atoms with E-state index in [0.29, 0.717) is 5.56 Å². The van der Waals surface area contributed by atoms with Crippen molar-refractivity contribution < 1.29 is 14.3 Å². The highest BCUT2D eigenvalue weighted by molar-refractivity contribution is 7.13. The Bertz CT molecular complexity index is 603. The molecule has 0 amide bonds. The minimum Gasteiger partial charge on any atom is -0.481 e. The average Bonchev–Trinajstić information content (AvgIpc) is 2.82. The Morgan fingerprint density at radius 1 is 1.35 bits per heavy atom. The SMILES string of the molecule is O=C(O)CC1c2ccsc2-c2c(F)cccc21. The van der Waals surface area contributed by atoms with Crippen molar-refractivity contribution in [1.82, 2.24) is 0 Å². The monoisotopic (exact) mass is 248 g/mol. The molecule has 0 aliphatic heterocycles. The quantitative estimate of drug-likeness (QED) is 0.883. The highest BCUT2D eigenvalue weighted by Gasteiger charge is 2.33. The lowest BCUT2D eigenvalue weighted by Gasteiger charge is -2.09. The summed E-state index contributed by atoms with van der Waals surface area (Å²) >= 11 is 1.47. The average molecular weight is 248 g/mol. The van der Waals surface area contributed by atoms with E-state index in [1.807, 2.05) is 17.5 Å². The second kappa shape index (κ2) is 3.67. The van der Waals surface area contributed by atoms with Crippen molar-refractivity contribution in [1.29, 1.82) is 0 Å². The summed E-state index contributed by atoms with van der Waals surface area (Å²) in [6, 6.07) is 6.77. The zero-order chi connectivity index (χ0) is 12.0. The van der Waals surface area contributed by atoms with Crippen LogP contribution in [0, 0.1) is 5.82 Å². The Morgan fingerprint density at radius 3 is 2.94 bits per heavy atom. The molecule has 2 aromatic rings. The number of rotatable bonds is 2. The summed E-state index contributed by atoms with van der Waals surface area (Å²) in [5, 5.41) is 10.8. The normalized spacial score (nSPS) is 16.6. The minimum atomic E-state index is -0.857. The third kappa shape index (κ3) is 1.48. The lowest BCUT2D eigenvalue weighted by atomic mass is 9.94. The number of thiophene rings is 1. The van der Waals surface area contributed by atoms with Crippen LogP contribution in [0.4, 0.5) is 4.39 Å². The number of carboxylic acid groups (broad SMARTS) is 1. The van der Waals surface area contributed by atoms with Gasteiger partial charge in [0.15, 0.2) is 0 Å². The summed E-state index contributed by atoms with van der Waals surface area (Å²) in [6.45, 7) is 0. The number of hydrogen-bond donors (Lipinski definition) is 1. The molecule has 86 valence electrons. The molecule has 3 rings (SSSR count). The first-order chi connectivity index (χ1) is 8.18. The lowest BCUT2D eigenvalue weighted by Crippen LogP contribution is -2.04. The maximum absolute atomic E-state index is 13.8. The van der Waals surface area contributed by atoms with Crippen LogP contribution in [0.15, 0.2) is 29.6 Å². The molecule has 1 aromatic carbocycles. The standard InChI is InChI=1S/C13H9FO2S/c14-10-3-1-2-7-9(6-11(15)16)8-4-5-17-13(8)12(7)10/h1-5,9H,6H2,(H,15,16). The fraction of sp³-hybridized carbons (Fsp3) is 0.154. The summed E-state index contributed by atoms with van der Waals surface area (Å²) in [4.78, 5) is 11.8. The first-order valence-corrected chi connectivity index (χ1v) is 6.14.